The number of aromatic hydroxyl groups is 1. The Bertz CT molecular complexity index is 1260. The first-order valence-electron chi connectivity index (χ1n) is 12.4. The van der Waals surface area contributed by atoms with Crippen LogP contribution in [0.2, 0.25) is 0 Å². The Labute approximate surface area is 212 Å². The third kappa shape index (κ3) is 4.41. The van der Waals surface area contributed by atoms with Gasteiger partial charge < -0.3 is 15.3 Å². The molecule has 3 aliphatic rings. The first-order chi connectivity index (χ1) is 17.5. The van der Waals surface area contributed by atoms with Gasteiger partial charge in [0.05, 0.1) is 17.8 Å². The Morgan fingerprint density at radius 3 is 2.61 bits per heavy atom. The van der Waals surface area contributed by atoms with Crippen LogP contribution >= 0.6 is 11.8 Å². The average Bonchev–Trinajstić information content (AvgIpc) is 3.73. The maximum Gasteiger partial charge on any atom is 0.185 e. The van der Waals surface area contributed by atoms with E-state index >= 15 is 4.39 Å². The number of phenols is 1. The Morgan fingerprint density at radius 2 is 1.92 bits per heavy atom. The summed E-state index contributed by atoms with van der Waals surface area (Å²) >= 11 is 1.24. The molecule has 4 atom stereocenters. The third-order valence-electron chi connectivity index (χ3n) is 7.48. The predicted octanol–water partition coefficient (Wildman–Crippen LogP) is 4.76. The Balaban J connectivity index is 1.25. The minimum absolute atomic E-state index is 0.0366. The summed E-state index contributed by atoms with van der Waals surface area (Å²) in [5.41, 5.74) is 1.61. The number of nitrogens with one attached hydrogen (secondary N) is 1. The highest BCUT2D eigenvalue weighted by Crippen LogP contribution is 2.39. The number of hydrogen-bond donors (Lipinski definition) is 2. The van der Waals surface area contributed by atoms with Crippen molar-refractivity contribution in [1.29, 1.82) is 0 Å². The molecule has 188 valence electrons. The van der Waals surface area contributed by atoms with Crippen molar-refractivity contribution < 1.29 is 13.9 Å². The molecule has 10 heteroatoms. The molecule has 6 rings (SSSR count). The number of alkyl halides is 1. The molecule has 2 saturated heterocycles. The molecule has 4 heterocycles. The summed E-state index contributed by atoms with van der Waals surface area (Å²) in [7, 11) is 0. The summed E-state index contributed by atoms with van der Waals surface area (Å²) in [5, 5.41) is 23.2. The molecule has 2 bridgehead atoms. The van der Waals surface area contributed by atoms with E-state index in [1.807, 2.05) is 0 Å². The summed E-state index contributed by atoms with van der Waals surface area (Å²) in [6.07, 6.45) is 9.85. The summed E-state index contributed by atoms with van der Waals surface area (Å²) in [5.74, 6) is 0.422. The molecular weight excluding hydrogens is 482 g/mol. The molecule has 1 aromatic carbocycles. The van der Waals surface area contributed by atoms with E-state index in [1.54, 1.807) is 36.8 Å². The van der Waals surface area contributed by atoms with Gasteiger partial charge in [-0.3, -0.25) is 0 Å². The van der Waals surface area contributed by atoms with Crippen LogP contribution in [0.3, 0.4) is 0 Å². The number of rotatable bonds is 6. The van der Waals surface area contributed by atoms with Crippen LogP contribution in [0.1, 0.15) is 38.5 Å². The number of piperidine rings is 2. The standard InChI is InChI=1S/C26H28F2N6OS/c1-36-26-19(27)9-15(12-30-26)14-5-8-18(22(35)10-14)25-29-13-23(32-33-25)34(17-6-7-17)21-11-16-3-2-4-20(31-16)24(21)28/h5,8-10,12-13,16-17,20-21,24,31,35H,2-4,6-7,11H2,1H3/t16-,20+,21-,24+/m0/s1. The molecule has 0 spiro atoms. The smallest absolute Gasteiger partial charge is 0.185 e. The van der Waals surface area contributed by atoms with Gasteiger partial charge in [0.2, 0.25) is 0 Å². The van der Waals surface area contributed by atoms with Crippen LogP contribution in [0, 0.1) is 5.82 Å². The number of benzene rings is 1. The van der Waals surface area contributed by atoms with Gasteiger partial charge in [-0.15, -0.1) is 22.0 Å². The lowest BCUT2D eigenvalue weighted by Gasteiger charge is -2.47. The lowest BCUT2D eigenvalue weighted by Crippen LogP contribution is -2.62. The first kappa shape index (κ1) is 23.5. The van der Waals surface area contributed by atoms with Gasteiger partial charge in [0.1, 0.15) is 16.9 Å². The van der Waals surface area contributed by atoms with Crippen molar-refractivity contribution in [2.45, 2.75) is 73.9 Å². The van der Waals surface area contributed by atoms with Gasteiger partial charge >= 0.3 is 0 Å². The number of fused-ring (bicyclic) bond motifs is 2. The van der Waals surface area contributed by atoms with Crippen molar-refractivity contribution >= 4 is 17.6 Å². The lowest BCUT2D eigenvalue weighted by molar-refractivity contribution is 0.104. The molecular formula is C26H28F2N6OS. The highest BCUT2D eigenvalue weighted by Gasteiger charge is 2.46. The molecule has 0 amide bonds. The number of nitrogens with zero attached hydrogens (tertiary/aromatic N) is 5. The predicted molar refractivity (Wildman–Crippen MR) is 135 cm³/mol. The second-order valence-electron chi connectivity index (χ2n) is 9.87. The normalized spacial score (nSPS) is 25.5. The zero-order valence-corrected chi connectivity index (χ0v) is 20.8. The number of aromatic nitrogens is 4. The van der Waals surface area contributed by atoms with E-state index in [2.05, 4.69) is 30.4 Å². The fourth-order valence-corrected chi connectivity index (χ4v) is 5.98. The monoisotopic (exact) mass is 510 g/mol. The van der Waals surface area contributed by atoms with E-state index in [-0.39, 0.29) is 29.7 Å². The largest absolute Gasteiger partial charge is 0.507 e. The van der Waals surface area contributed by atoms with Gasteiger partial charge in [0.25, 0.3) is 0 Å². The average molecular weight is 511 g/mol. The minimum Gasteiger partial charge on any atom is -0.507 e. The summed E-state index contributed by atoms with van der Waals surface area (Å²) in [6, 6.07) is 6.69. The van der Waals surface area contributed by atoms with Crippen LogP contribution in [-0.4, -0.2) is 61.9 Å². The number of anilines is 1. The van der Waals surface area contributed by atoms with Crippen molar-refractivity contribution in [3.63, 3.8) is 0 Å². The maximum absolute atomic E-state index is 15.5. The van der Waals surface area contributed by atoms with Crippen LogP contribution in [0.4, 0.5) is 14.6 Å². The van der Waals surface area contributed by atoms with Crippen molar-refractivity contribution in [1.82, 2.24) is 25.5 Å². The van der Waals surface area contributed by atoms with Crippen LogP contribution in [0.25, 0.3) is 22.5 Å². The van der Waals surface area contributed by atoms with Crippen LogP contribution in [-0.2, 0) is 0 Å². The molecule has 0 unspecified atom stereocenters. The van der Waals surface area contributed by atoms with E-state index in [0.29, 0.717) is 33.6 Å². The highest BCUT2D eigenvalue weighted by molar-refractivity contribution is 7.98. The van der Waals surface area contributed by atoms with Crippen molar-refractivity contribution in [3.05, 3.63) is 42.5 Å². The molecule has 0 radical (unpaired) electrons. The van der Waals surface area contributed by atoms with Gasteiger partial charge in [-0.25, -0.2) is 18.7 Å². The Kier molecular flexibility index (Phi) is 6.25. The van der Waals surface area contributed by atoms with Crippen LogP contribution in [0.5, 0.6) is 5.75 Å². The summed E-state index contributed by atoms with van der Waals surface area (Å²) in [4.78, 5) is 10.7. The van der Waals surface area contributed by atoms with Gasteiger partial charge in [-0.2, -0.15) is 0 Å². The van der Waals surface area contributed by atoms with E-state index in [4.69, 9.17) is 0 Å². The van der Waals surface area contributed by atoms with E-state index in [1.165, 1.54) is 17.8 Å². The second kappa shape index (κ2) is 9.55. The van der Waals surface area contributed by atoms with Crippen LogP contribution in [0.15, 0.2) is 41.7 Å². The Hall–Kier alpha value is -2.85. The van der Waals surface area contributed by atoms with E-state index in [0.717, 1.165) is 38.5 Å². The number of thioether (sulfide) groups is 1. The summed E-state index contributed by atoms with van der Waals surface area (Å²) < 4.78 is 29.6. The second-order valence-corrected chi connectivity index (χ2v) is 10.7. The molecule has 2 aliphatic heterocycles. The fraction of sp³-hybridized carbons (Fsp3) is 0.462. The number of pyridine rings is 1. The molecule has 36 heavy (non-hydrogen) atoms. The molecule has 2 N–H and O–H groups in total. The molecule has 2 aromatic heterocycles. The number of halogens is 2. The van der Waals surface area contributed by atoms with Gasteiger partial charge in [0, 0.05) is 29.9 Å². The van der Waals surface area contributed by atoms with Gasteiger partial charge in [-0.05, 0) is 62.1 Å². The number of hydrogen-bond acceptors (Lipinski definition) is 8. The molecule has 1 saturated carbocycles. The SMILES string of the molecule is CSc1ncc(-c2ccc(-c3ncc(N(C4CC4)[C@H]4C[C@@H]5CCC[C@@H](N5)[C@H]4F)nn3)c(O)c2)cc1F. The Morgan fingerprint density at radius 1 is 1.06 bits per heavy atom. The highest BCUT2D eigenvalue weighted by atomic mass is 32.2. The van der Waals surface area contributed by atoms with Crippen molar-refractivity contribution in [2.24, 2.45) is 0 Å². The fourth-order valence-electron chi connectivity index (χ4n) is 5.57. The quantitative estimate of drug-likeness (QED) is 0.459. The van der Waals surface area contributed by atoms with Gasteiger partial charge in [-0.1, -0.05) is 12.5 Å². The van der Waals surface area contributed by atoms with Crippen molar-refractivity contribution in [2.75, 3.05) is 11.2 Å². The van der Waals surface area contributed by atoms with Crippen LogP contribution < -0.4 is 10.2 Å². The molecule has 1 aliphatic carbocycles. The van der Waals surface area contributed by atoms with Gasteiger partial charge in [0.15, 0.2) is 17.5 Å². The zero-order chi connectivity index (χ0) is 24.8. The molecule has 3 aromatic rings. The topological polar surface area (TPSA) is 87.1 Å². The first-order valence-corrected chi connectivity index (χ1v) is 13.7. The third-order valence-corrected chi connectivity index (χ3v) is 8.17. The summed E-state index contributed by atoms with van der Waals surface area (Å²) in [6.45, 7) is 0. The minimum atomic E-state index is -0.954. The number of phenolic OH excluding ortho intramolecular Hbond substituents is 1. The zero-order valence-electron chi connectivity index (χ0n) is 19.9. The maximum atomic E-state index is 15.5. The van der Waals surface area contributed by atoms with E-state index in [9.17, 15) is 9.50 Å². The van der Waals surface area contributed by atoms with Crippen molar-refractivity contribution in [3.8, 4) is 28.3 Å². The lowest BCUT2D eigenvalue weighted by atomic mass is 9.82. The molecule has 7 nitrogen and oxygen atoms in total. The molecule has 3 fully saturated rings. The van der Waals surface area contributed by atoms with E-state index < -0.39 is 12.0 Å².